The van der Waals surface area contributed by atoms with Gasteiger partial charge >= 0.3 is 12.1 Å². The van der Waals surface area contributed by atoms with E-state index in [2.05, 4.69) is 24.3 Å². The molecule has 1 amide bonds. The number of carboxylic acid groups (broad SMARTS) is 1. The van der Waals surface area contributed by atoms with Crippen molar-refractivity contribution in [3.05, 3.63) is 83.4 Å². The van der Waals surface area contributed by atoms with E-state index in [9.17, 15) is 14.7 Å². The lowest BCUT2D eigenvalue weighted by Crippen LogP contribution is -2.43. The van der Waals surface area contributed by atoms with E-state index >= 15 is 0 Å². The van der Waals surface area contributed by atoms with Crippen molar-refractivity contribution in [2.45, 2.75) is 17.3 Å². The number of amides is 1. The van der Waals surface area contributed by atoms with Gasteiger partial charge in [0, 0.05) is 11.7 Å². The van der Waals surface area contributed by atoms with Crippen molar-refractivity contribution in [3.63, 3.8) is 0 Å². The molecule has 1 unspecified atom stereocenters. The minimum atomic E-state index is -1.05. The summed E-state index contributed by atoms with van der Waals surface area (Å²) >= 11 is 1.40. The van der Waals surface area contributed by atoms with Gasteiger partial charge in [-0.15, -0.1) is 11.8 Å². The van der Waals surface area contributed by atoms with E-state index in [1.54, 1.807) is 12.1 Å². The van der Waals surface area contributed by atoms with Crippen LogP contribution in [-0.4, -0.2) is 47.3 Å². The number of carbonyl (C=O) groups is 2. The number of ether oxygens (including phenoxy) is 3. The van der Waals surface area contributed by atoms with Crippen molar-refractivity contribution in [2.75, 3.05) is 19.2 Å². The molecule has 172 valence electrons. The number of hydrogen-bond donors (Lipinski definition) is 1. The fourth-order valence-corrected chi connectivity index (χ4v) is 6.31. The number of carbonyl (C=O) groups excluding carboxylic acids is 1. The molecule has 34 heavy (non-hydrogen) atoms. The van der Waals surface area contributed by atoms with Crippen LogP contribution in [0.2, 0.25) is 0 Å². The lowest BCUT2D eigenvalue weighted by molar-refractivity contribution is -0.141. The summed E-state index contributed by atoms with van der Waals surface area (Å²) in [7, 11) is 0. The van der Waals surface area contributed by atoms with Gasteiger partial charge in [-0.05, 0) is 39.9 Å². The van der Waals surface area contributed by atoms with E-state index in [0.29, 0.717) is 11.5 Å². The minimum Gasteiger partial charge on any atom is -0.480 e. The van der Waals surface area contributed by atoms with E-state index in [4.69, 9.17) is 14.2 Å². The minimum absolute atomic E-state index is 0.0983. The zero-order chi connectivity index (χ0) is 23.2. The Hall–Kier alpha value is -3.65. The van der Waals surface area contributed by atoms with Crippen molar-refractivity contribution in [1.29, 1.82) is 0 Å². The number of hydrogen-bond acceptors (Lipinski definition) is 6. The van der Waals surface area contributed by atoms with Crippen LogP contribution in [0, 0.1) is 0 Å². The maximum atomic E-state index is 13.3. The second-order valence-corrected chi connectivity index (χ2v) is 9.48. The molecule has 0 aromatic heterocycles. The van der Waals surface area contributed by atoms with E-state index in [1.165, 1.54) is 16.7 Å². The number of rotatable bonds is 4. The lowest BCUT2D eigenvalue weighted by atomic mass is 9.98. The van der Waals surface area contributed by atoms with Crippen LogP contribution in [0.25, 0.3) is 11.1 Å². The Balaban J connectivity index is 1.26. The first kappa shape index (κ1) is 20.9. The SMILES string of the molecule is O=C(O)[C@H]1CSC(c2ccc3c(c2)OCO3)N1C(=O)OCC1c2ccccc2-c2ccccc21. The molecule has 6 rings (SSSR count). The first-order valence-corrected chi connectivity index (χ1v) is 12.0. The normalized spacial score (nSPS) is 20.2. The van der Waals surface area contributed by atoms with Crippen molar-refractivity contribution in [3.8, 4) is 22.6 Å². The van der Waals surface area contributed by atoms with Crippen molar-refractivity contribution in [2.24, 2.45) is 0 Å². The molecule has 2 aliphatic heterocycles. The molecule has 7 nitrogen and oxygen atoms in total. The van der Waals surface area contributed by atoms with Gasteiger partial charge in [0.25, 0.3) is 0 Å². The van der Waals surface area contributed by atoms with Gasteiger partial charge in [0.15, 0.2) is 11.5 Å². The molecule has 1 aliphatic carbocycles. The molecule has 1 N–H and O–H groups in total. The van der Waals surface area contributed by atoms with Crippen molar-refractivity contribution in [1.82, 2.24) is 4.90 Å². The average molecular weight is 476 g/mol. The topological polar surface area (TPSA) is 85.3 Å². The van der Waals surface area contributed by atoms with Gasteiger partial charge < -0.3 is 19.3 Å². The van der Waals surface area contributed by atoms with Crippen LogP contribution >= 0.6 is 11.8 Å². The summed E-state index contributed by atoms with van der Waals surface area (Å²) in [6.07, 6.45) is -0.637. The summed E-state index contributed by atoms with van der Waals surface area (Å²) in [6.45, 7) is 0.276. The van der Waals surface area contributed by atoms with Crippen LogP contribution in [-0.2, 0) is 9.53 Å². The van der Waals surface area contributed by atoms with Crippen molar-refractivity contribution >= 4 is 23.8 Å². The number of fused-ring (bicyclic) bond motifs is 4. The number of nitrogens with zero attached hydrogens (tertiary/aromatic N) is 1. The average Bonchev–Trinajstić information content (AvgIpc) is 3.58. The Morgan fingerprint density at radius 3 is 2.35 bits per heavy atom. The van der Waals surface area contributed by atoms with Gasteiger partial charge in [0.2, 0.25) is 6.79 Å². The third kappa shape index (κ3) is 3.37. The second-order valence-electron chi connectivity index (χ2n) is 8.36. The summed E-state index contributed by atoms with van der Waals surface area (Å²) in [6, 6.07) is 20.6. The van der Waals surface area contributed by atoms with Crippen LogP contribution in [0.5, 0.6) is 11.5 Å². The first-order chi connectivity index (χ1) is 16.6. The molecule has 3 aliphatic rings. The Labute approximate surface area is 200 Å². The first-order valence-electron chi connectivity index (χ1n) is 11.0. The van der Waals surface area contributed by atoms with Gasteiger partial charge in [0.1, 0.15) is 18.0 Å². The molecule has 0 spiro atoms. The Bertz CT molecular complexity index is 1250. The number of aliphatic carboxylic acids is 1. The molecule has 1 saturated heterocycles. The summed E-state index contributed by atoms with van der Waals surface area (Å²) in [5, 5.41) is 9.29. The largest absolute Gasteiger partial charge is 0.480 e. The third-order valence-corrected chi connectivity index (χ3v) is 7.84. The molecule has 3 aromatic rings. The van der Waals surface area contributed by atoms with Crippen LogP contribution in [0.3, 0.4) is 0 Å². The molecule has 2 atom stereocenters. The quantitative estimate of drug-likeness (QED) is 0.577. The molecular formula is C26H21NO6S. The lowest BCUT2D eigenvalue weighted by Gasteiger charge is -2.27. The zero-order valence-electron chi connectivity index (χ0n) is 18.0. The number of thioether (sulfide) groups is 1. The van der Waals surface area contributed by atoms with Gasteiger partial charge in [-0.2, -0.15) is 0 Å². The van der Waals surface area contributed by atoms with Crippen LogP contribution in [0.1, 0.15) is 28.0 Å². The molecule has 3 aromatic carbocycles. The molecule has 0 bridgehead atoms. The van der Waals surface area contributed by atoms with Gasteiger partial charge in [-0.1, -0.05) is 54.6 Å². The molecule has 8 heteroatoms. The number of carboxylic acids is 1. The smallest absolute Gasteiger partial charge is 0.411 e. The highest BCUT2D eigenvalue weighted by molar-refractivity contribution is 7.99. The Morgan fingerprint density at radius 2 is 1.65 bits per heavy atom. The highest BCUT2D eigenvalue weighted by Crippen LogP contribution is 2.47. The molecule has 2 heterocycles. The van der Waals surface area contributed by atoms with E-state index in [0.717, 1.165) is 27.8 Å². The zero-order valence-corrected chi connectivity index (χ0v) is 18.9. The molecule has 0 radical (unpaired) electrons. The fraction of sp³-hybridized carbons (Fsp3) is 0.231. The predicted octanol–water partition coefficient (Wildman–Crippen LogP) is 4.87. The maximum absolute atomic E-state index is 13.3. The van der Waals surface area contributed by atoms with Crippen LogP contribution in [0.15, 0.2) is 66.7 Å². The molecular weight excluding hydrogens is 454 g/mol. The fourth-order valence-electron chi connectivity index (χ4n) is 4.91. The highest BCUT2D eigenvalue weighted by Gasteiger charge is 2.44. The van der Waals surface area contributed by atoms with Gasteiger partial charge in [0.05, 0.1) is 0 Å². The van der Waals surface area contributed by atoms with Crippen LogP contribution < -0.4 is 9.47 Å². The summed E-state index contributed by atoms with van der Waals surface area (Å²) in [4.78, 5) is 26.6. The predicted molar refractivity (Wildman–Crippen MR) is 126 cm³/mol. The summed E-state index contributed by atoms with van der Waals surface area (Å²) < 4.78 is 16.6. The Morgan fingerprint density at radius 1 is 0.971 bits per heavy atom. The monoisotopic (exact) mass is 475 g/mol. The maximum Gasteiger partial charge on any atom is 0.411 e. The van der Waals surface area contributed by atoms with Crippen molar-refractivity contribution < 1.29 is 28.9 Å². The molecule has 1 fully saturated rings. The number of benzene rings is 3. The van der Waals surface area contributed by atoms with Gasteiger partial charge in [-0.3, -0.25) is 4.90 Å². The van der Waals surface area contributed by atoms with E-state index in [-0.39, 0.29) is 25.1 Å². The second kappa shape index (κ2) is 8.29. The van der Waals surface area contributed by atoms with E-state index < -0.39 is 23.5 Å². The third-order valence-electron chi connectivity index (χ3n) is 6.51. The highest BCUT2D eigenvalue weighted by atomic mass is 32.2. The standard InChI is InChI=1S/C26H21NO6S/c28-25(29)21-13-34-24(15-9-10-22-23(11-15)33-14-32-22)27(21)26(30)31-12-20-18-7-3-1-5-16(18)17-6-2-4-8-19(17)20/h1-11,20-21,24H,12-14H2,(H,28,29)/t21-,24?/m1/s1. The Kier molecular flexibility index (Phi) is 5.10. The molecule has 0 saturated carbocycles. The van der Waals surface area contributed by atoms with Gasteiger partial charge in [-0.25, -0.2) is 9.59 Å². The van der Waals surface area contributed by atoms with E-state index in [1.807, 2.05) is 30.3 Å². The van der Waals surface area contributed by atoms with Crippen LogP contribution in [0.4, 0.5) is 4.79 Å². The summed E-state index contributed by atoms with van der Waals surface area (Å²) in [5.74, 6) is 0.347. The summed E-state index contributed by atoms with van der Waals surface area (Å²) in [5.41, 5.74) is 5.25.